The minimum atomic E-state index is -3.83. The fourth-order valence-corrected chi connectivity index (χ4v) is 8.45. The molecule has 2 saturated heterocycles. The minimum absolute atomic E-state index is 0.0553. The predicted molar refractivity (Wildman–Crippen MR) is 153 cm³/mol. The van der Waals surface area contributed by atoms with E-state index in [9.17, 15) is 13.2 Å². The number of sulfonamides is 1. The summed E-state index contributed by atoms with van der Waals surface area (Å²) in [6.45, 7) is 3.12. The molecule has 2 atom stereocenters. The Morgan fingerprint density at radius 3 is 2.18 bits per heavy atom. The highest BCUT2D eigenvalue weighted by atomic mass is 35.5. The molecule has 1 aliphatic carbocycles. The van der Waals surface area contributed by atoms with Gasteiger partial charge in [0.25, 0.3) is 0 Å². The van der Waals surface area contributed by atoms with Crippen LogP contribution in [-0.4, -0.2) is 79.5 Å². The van der Waals surface area contributed by atoms with Gasteiger partial charge in [-0.25, -0.2) is 13.2 Å². The highest BCUT2D eigenvalue weighted by Crippen LogP contribution is 2.33. The van der Waals surface area contributed by atoms with Gasteiger partial charge in [-0.3, -0.25) is 4.90 Å². The van der Waals surface area contributed by atoms with E-state index in [1.54, 1.807) is 33.5 Å². The molecule has 2 aromatic carbocycles. The molecule has 7 nitrogen and oxygen atoms in total. The molecule has 0 aromatic heterocycles. The summed E-state index contributed by atoms with van der Waals surface area (Å²) >= 11 is 6.05. The Labute approximate surface area is 238 Å². The van der Waals surface area contributed by atoms with Crippen molar-refractivity contribution < 1.29 is 17.9 Å². The zero-order valence-electron chi connectivity index (χ0n) is 22.6. The maximum Gasteiger partial charge on any atom is 0.409 e. The number of piperidine rings is 1. The van der Waals surface area contributed by atoms with Crippen LogP contribution in [0.25, 0.3) is 0 Å². The van der Waals surface area contributed by atoms with Gasteiger partial charge in [-0.05, 0) is 61.9 Å². The Kier molecular flexibility index (Phi) is 9.48. The molecule has 1 unspecified atom stereocenters. The molecule has 2 heterocycles. The predicted octanol–water partition coefficient (Wildman–Crippen LogP) is 5.58. The zero-order chi connectivity index (χ0) is 27.2. The lowest BCUT2D eigenvalue weighted by molar-refractivity contribution is 0.0383. The summed E-state index contributed by atoms with van der Waals surface area (Å²) < 4.78 is 35.4. The molecule has 0 radical (unpaired) electrons. The highest BCUT2D eigenvalue weighted by Gasteiger charge is 2.41. The maximum atomic E-state index is 14.0. The third kappa shape index (κ3) is 6.96. The summed E-state index contributed by atoms with van der Waals surface area (Å²) in [5.74, 6) is 0. The molecular weight excluding hydrogens is 534 g/mol. The van der Waals surface area contributed by atoms with Crippen molar-refractivity contribution in [2.45, 2.75) is 80.8 Å². The smallest absolute Gasteiger partial charge is 0.409 e. The van der Waals surface area contributed by atoms with E-state index in [0.717, 1.165) is 31.5 Å². The van der Waals surface area contributed by atoms with Gasteiger partial charge in [0.15, 0.2) is 0 Å². The summed E-state index contributed by atoms with van der Waals surface area (Å²) in [6, 6.07) is 16.3. The Bertz CT molecular complexity index is 1180. The summed E-state index contributed by atoms with van der Waals surface area (Å²) in [7, 11) is -3.83. The third-order valence-electron chi connectivity index (χ3n) is 8.56. The monoisotopic (exact) mass is 573 g/mol. The molecule has 0 N–H and O–H groups in total. The minimum Gasteiger partial charge on any atom is -0.448 e. The summed E-state index contributed by atoms with van der Waals surface area (Å²) in [6.07, 6.45) is 9.02. The van der Waals surface area contributed by atoms with Gasteiger partial charge in [0.1, 0.15) is 6.61 Å². The van der Waals surface area contributed by atoms with E-state index in [1.807, 2.05) is 30.3 Å². The Hall–Kier alpha value is -2.13. The third-order valence-corrected chi connectivity index (χ3v) is 10.8. The average molecular weight is 574 g/mol. The first-order chi connectivity index (χ1) is 18.9. The van der Waals surface area contributed by atoms with Gasteiger partial charge in [0.05, 0.1) is 10.9 Å². The number of ether oxygens (including phenoxy) is 1. The second-order valence-corrected chi connectivity index (χ2v) is 13.4. The number of carbonyl (C=O) groups excluding carboxylic acids is 1. The molecule has 5 rings (SSSR count). The lowest BCUT2D eigenvalue weighted by Crippen LogP contribution is -2.54. The van der Waals surface area contributed by atoms with Crippen LogP contribution in [0.3, 0.4) is 0 Å². The number of halogens is 1. The molecule has 1 amide bonds. The van der Waals surface area contributed by atoms with E-state index in [1.165, 1.54) is 32.1 Å². The molecule has 2 aromatic rings. The van der Waals surface area contributed by atoms with Crippen molar-refractivity contribution in [1.29, 1.82) is 0 Å². The number of carbonyl (C=O) groups is 1. The van der Waals surface area contributed by atoms with E-state index in [4.69, 9.17) is 16.3 Å². The first-order valence-electron chi connectivity index (χ1n) is 14.4. The number of piperazine rings is 1. The number of hydrogen-bond acceptors (Lipinski definition) is 5. The van der Waals surface area contributed by atoms with E-state index in [2.05, 4.69) is 4.90 Å². The molecule has 3 aliphatic rings. The van der Waals surface area contributed by atoms with Crippen molar-refractivity contribution in [2.24, 2.45) is 0 Å². The molecule has 3 fully saturated rings. The average Bonchev–Trinajstić information content (AvgIpc) is 2.97. The van der Waals surface area contributed by atoms with Crippen LogP contribution in [0.1, 0.15) is 56.9 Å². The Morgan fingerprint density at radius 2 is 1.49 bits per heavy atom. The first kappa shape index (κ1) is 28.4. The van der Waals surface area contributed by atoms with Gasteiger partial charge in [-0.15, -0.1) is 0 Å². The number of rotatable bonds is 7. The fraction of sp³-hybridized carbons (Fsp3) is 0.567. The van der Waals surface area contributed by atoms with Crippen molar-refractivity contribution in [3.05, 3.63) is 65.2 Å². The van der Waals surface area contributed by atoms with Crippen molar-refractivity contribution in [3.63, 3.8) is 0 Å². The van der Waals surface area contributed by atoms with Crippen LogP contribution in [0.4, 0.5) is 4.79 Å². The van der Waals surface area contributed by atoms with Gasteiger partial charge < -0.3 is 9.64 Å². The summed E-state index contributed by atoms with van der Waals surface area (Å²) in [5, 5.41) is 0.488. The standard InChI is InChI=1S/C30H40ClN3O4S/c31-25-14-16-29(17-15-25)39(36,37)34-27(22-24-8-3-1-4-9-24)12-7-13-28(34)23-38-30(35)33-20-18-32(19-21-33)26-10-5-2-6-11-26/h1,3-4,8-9,14-17,26-28H,2,5-7,10-13,18-23H2/t27?,28-/m1/s1. The van der Waals surface area contributed by atoms with Crippen molar-refractivity contribution in [2.75, 3.05) is 32.8 Å². The molecule has 0 spiro atoms. The lowest BCUT2D eigenvalue weighted by atomic mass is 9.94. The quantitative estimate of drug-likeness (QED) is 0.432. The highest BCUT2D eigenvalue weighted by molar-refractivity contribution is 7.89. The van der Waals surface area contributed by atoms with E-state index in [0.29, 0.717) is 37.0 Å². The van der Waals surface area contributed by atoms with Gasteiger partial charge in [0, 0.05) is 43.3 Å². The van der Waals surface area contributed by atoms with Crippen LogP contribution in [0.15, 0.2) is 59.5 Å². The zero-order valence-corrected chi connectivity index (χ0v) is 24.2. The fourth-order valence-electron chi connectivity index (χ4n) is 6.47. The topological polar surface area (TPSA) is 70.2 Å². The number of amides is 1. The first-order valence-corrected chi connectivity index (χ1v) is 16.2. The molecule has 9 heteroatoms. The van der Waals surface area contributed by atoms with Crippen molar-refractivity contribution in [1.82, 2.24) is 14.1 Å². The molecule has 2 aliphatic heterocycles. The number of hydrogen-bond donors (Lipinski definition) is 0. The van der Waals surface area contributed by atoms with Gasteiger partial charge >= 0.3 is 6.09 Å². The second-order valence-electron chi connectivity index (χ2n) is 11.1. The summed E-state index contributed by atoms with van der Waals surface area (Å²) in [5.41, 5.74) is 1.09. The number of nitrogens with zero attached hydrogens (tertiary/aromatic N) is 3. The van der Waals surface area contributed by atoms with E-state index in [-0.39, 0.29) is 23.6 Å². The van der Waals surface area contributed by atoms with E-state index < -0.39 is 16.1 Å². The normalized spacial score (nSPS) is 24.0. The molecular formula is C30H40ClN3O4S. The summed E-state index contributed by atoms with van der Waals surface area (Å²) in [4.78, 5) is 17.6. The van der Waals surface area contributed by atoms with Crippen LogP contribution >= 0.6 is 11.6 Å². The molecule has 1 saturated carbocycles. The van der Waals surface area contributed by atoms with Crippen LogP contribution in [0.5, 0.6) is 0 Å². The van der Waals surface area contributed by atoms with Crippen LogP contribution < -0.4 is 0 Å². The van der Waals surface area contributed by atoms with Crippen molar-refractivity contribution >= 4 is 27.7 Å². The Morgan fingerprint density at radius 1 is 0.821 bits per heavy atom. The van der Waals surface area contributed by atoms with Gasteiger partial charge in [-0.2, -0.15) is 4.31 Å². The molecule has 39 heavy (non-hydrogen) atoms. The largest absolute Gasteiger partial charge is 0.448 e. The van der Waals surface area contributed by atoms with Gasteiger partial charge in [-0.1, -0.05) is 67.6 Å². The lowest BCUT2D eigenvalue weighted by Gasteiger charge is -2.42. The number of benzene rings is 2. The van der Waals surface area contributed by atoms with Crippen LogP contribution in [0, 0.1) is 0 Å². The van der Waals surface area contributed by atoms with Crippen molar-refractivity contribution in [3.8, 4) is 0 Å². The molecule has 212 valence electrons. The molecule has 0 bridgehead atoms. The second kappa shape index (κ2) is 13.0. The van der Waals surface area contributed by atoms with E-state index >= 15 is 0 Å². The maximum absolute atomic E-state index is 14.0. The van der Waals surface area contributed by atoms with Crippen LogP contribution in [0.2, 0.25) is 5.02 Å². The SMILES string of the molecule is O=C(OC[C@H]1CCCC(Cc2ccccc2)N1S(=O)(=O)c1ccc(Cl)cc1)N1CCN(C2CCCCC2)CC1. The van der Waals surface area contributed by atoms with Gasteiger partial charge in [0.2, 0.25) is 10.0 Å². The van der Waals surface area contributed by atoms with Crippen LogP contribution in [-0.2, 0) is 21.2 Å². The Balaban J connectivity index is 1.26.